The number of H-pyrrole nitrogens is 1. The lowest BCUT2D eigenvalue weighted by Crippen LogP contribution is -1.95. The fourth-order valence-corrected chi connectivity index (χ4v) is 3.69. The molecule has 0 aliphatic heterocycles. The summed E-state index contributed by atoms with van der Waals surface area (Å²) >= 11 is 1.55. The lowest BCUT2D eigenvalue weighted by Gasteiger charge is -2.04. The van der Waals surface area contributed by atoms with Gasteiger partial charge in [-0.25, -0.2) is 18.9 Å². The van der Waals surface area contributed by atoms with E-state index in [9.17, 15) is 4.39 Å². The molecule has 4 rings (SSSR count). The minimum atomic E-state index is -0.253. The molecule has 3 aromatic heterocycles. The van der Waals surface area contributed by atoms with E-state index in [1.165, 1.54) is 17.7 Å². The largest absolute Gasteiger partial charge is 0.347 e. The minimum Gasteiger partial charge on any atom is -0.347 e. The highest BCUT2D eigenvalue weighted by atomic mass is 32.2. The first-order chi connectivity index (χ1) is 12.5. The van der Waals surface area contributed by atoms with Crippen LogP contribution in [0.1, 0.15) is 29.3 Å². The molecule has 3 heterocycles. The Morgan fingerprint density at radius 3 is 2.65 bits per heavy atom. The number of hydrogen-bond acceptors (Lipinski definition) is 4. The van der Waals surface area contributed by atoms with Gasteiger partial charge in [-0.15, -0.1) is 5.10 Å². The number of halogens is 1. The smallest absolute Gasteiger partial charge is 0.210 e. The number of thioether (sulfide) groups is 1. The molecule has 1 N–H and O–H groups in total. The summed E-state index contributed by atoms with van der Waals surface area (Å²) in [7, 11) is 0. The maximum absolute atomic E-state index is 13.1. The Kier molecular flexibility index (Phi) is 4.24. The van der Waals surface area contributed by atoms with Crippen molar-refractivity contribution in [3.63, 3.8) is 0 Å². The average molecular weight is 367 g/mol. The number of aryl methyl sites for hydroxylation is 2. The van der Waals surface area contributed by atoms with E-state index in [2.05, 4.69) is 40.0 Å². The third kappa shape index (κ3) is 3.22. The van der Waals surface area contributed by atoms with Crippen LogP contribution in [0.5, 0.6) is 0 Å². The SMILES string of the molecule is Cc1cc(C)n2nc(SC(C)c3nc(-c4ccc(F)cc4)c[nH]3)nc2c1. The van der Waals surface area contributed by atoms with E-state index < -0.39 is 0 Å². The Morgan fingerprint density at radius 1 is 1.12 bits per heavy atom. The second-order valence-electron chi connectivity index (χ2n) is 6.28. The van der Waals surface area contributed by atoms with Crippen LogP contribution in [0.3, 0.4) is 0 Å². The van der Waals surface area contributed by atoms with E-state index in [1.807, 2.05) is 23.7 Å². The number of pyridine rings is 1. The first kappa shape index (κ1) is 16.8. The van der Waals surface area contributed by atoms with Gasteiger partial charge in [-0.2, -0.15) is 0 Å². The topological polar surface area (TPSA) is 58.9 Å². The van der Waals surface area contributed by atoms with E-state index in [1.54, 1.807) is 23.9 Å². The molecule has 0 saturated heterocycles. The number of imidazole rings is 1. The van der Waals surface area contributed by atoms with E-state index in [-0.39, 0.29) is 11.1 Å². The molecule has 0 spiro atoms. The predicted octanol–water partition coefficient (Wildman–Crippen LogP) is 4.73. The molecule has 7 heteroatoms. The summed E-state index contributed by atoms with van der Waals surface area (Å²) in [5.41, 5.74) is 4.75. The second kappa shape index (κ2) is 6.57. The monoisotopic (exact) mass is 367 g/mol. The van der Waals surface area contributed by atoms with Crippen molar-refractivity contribution in [1.82, 2.24) is 24.6 Å². The fraction of sp³-hybridized carbons (Fsp3) is 0.211. The molecule has 0 radical (unpaired) electrons. The van der Waals surface area contributed by atoms with Crippen LogP contribution in [0, 0.1) is 19.7 Å². The molecule has 0 fully saturated rings. The van der Waals surface area contributed by atoms with Gasteiger partial charge in [0, 0.05) is 17.5 Å². The number of fused-ring (bicyclic) bond motifs is 1. The van der Waals surface area contributed by atoms with Gasteiger partial charge in [-0.05, 0) is 62.7 Å². The third-order valence-corrected chi connectivity index (χ3v) is 5.11. The molecule has 5 nitrogen and oxygen atoms in total. The molecule has 4 aromatic rings. The summed E-state index contributed by atoms with van der Waals surface area (Å²) in [6, 6.07) is 10.4. The van der Waals surface area contributed by atoms with Gasteiger partial charge in [0.2, 0.25) is 5.16 Å². The van der Waals surface area contributed by atoms with Crippen LogP contribution in [0.2, 0.25) is 0 Å². The fourth-order valence-electron chi connectivity index (χ4n) is 2.87. The van der Waals surface area contributed by atoms with Crippen molar-refractivity contribution in [2.24, 2.45) is 0 Å². The highest BCUT2D eigenvalue weighted by molar-refractivity contribution is 7.99. The molecular weight excluding hydrogens is 349 g/mol. The van der Waals surface area contributed by atoms with Gasteiger partial charge >= 0.3 is 0 Å². The number of aromatic nitrogens is 5. The number of nitrogens with one attached hydrogen (secondary N) is 1. The van der Waals surface area contributed by atoms with Gasteiger partial charge in [-0.3, -0.25) is 0 Å². The molecule has 0 amide bonds. The van der Waals surface area contributed by atoms with Crippen molar-refractivity contribution in [1.29, 1.82) is 0 Å². The number of benzene rings is 1. The predicted molar refractivity (Wildman–Crippen MR) is 101 cm³/mol. The van der Waals surface area contributed by atoms with Crippen LogP contribution in [0.4, 0.5) is 4.39 Å². The number of aromatic amines is 1. The van der Waals surface area contributed by atoms with E-state index in [0.717, 1.165) is 28.4 Å². The molecule has 1 atom stereocenters. The molecule has 0 bridgehead atoms. The van der Waals surface area contributed by atoms with Gasteiger partial charge in [0.25, 0.3) is 0 Å². The summed E-state index contributed by atoms with van der Waals surface area (Å²) in [6.07, 6.45) is 1.84. The average Bonchev–Trinajstić information content (AvgIpc) is 3.22. The summed E-state index contributed by atoms with van der Waals surface area (Å²) in [6.45, 7) is 6.13. The van der Waals surface area contributed by atoms with Crippen LogP contribution in [-0.2, 0) is 0 Å². The zero-order valence-corrected chi connectivity index (χ0v) is 15.5. The van der Waals surface area contributed by atoms with Crippen LogP contribution in [-0.4, -0.2) is 24.6 Å². The summed E-state index contributed by atoms with van der Waals surface area (Å²) in [5, 5.41) is 5.35. The van der Waals surface area contributed by atoms with Crippen molar-refractivity contribution in [3.8, 4) is 11.3 Å². The van der Waals surface area contributed by atoms with Crippen molar-refractivity contribution in [2.75, 3.05) is 0 Å². The second-order valence-corrected chi connectivity index (χ2v) is 7.58. The van der Waals surface area contributed by atoms with Gasteiger partial charge < -0.3 is 4.98 Å². The first-order valence-corrected chi connectivity index (χ1v) is 9.19. The maximum atomic E-state index is 13.1. The molecule has 26 heavy (non-hydrogen) atoms. The summed E-state index contributed by atoms with van der Waals surface area (Å²) in [4.78, 5) is 12.4. The van der Waals surface area contributed by atoms with Gasteiger partial charge in [-0.1, -0.05) is 11.8 Å². The Bertz CT molecular complexity index is 1070. The number of rotatable bonds is 4. The Hall–Kier alpha value is -2.67. The van der Waals surface area contributed by atoms with Gasteiger partial charge in [0.15, 0.2) is 5.65 Å². The highest BCUT2D eigenvalue weighted by Crippen LogP contribution is 2.32. The van der Waals surface area contributed by atoms with E-state index in [4.69, 9.17) is 0 Å². The van der Waals surface area contributed by atoms with Crippen molar-refractivity contribution < 1.29 is 4.39 Å². The Morgan fingerprint density at radius 2 is 1.88 bits per heavy atom. The standard InChI is InChI=1S/C19H18FN5S/c1-11-8-12(2)25-17(9-11)23-19(24-25)26-13(3)18-21-10-16(22-18)14-4-6-15(20)7-5-14/h4-10,13H,1-3H3,(H,21,22). The van der Waals surface area contributed by atoms with Crippen LogP contribution in [0.25, 0.3) is 16.9 Å². The molecule has 0 saturated carbocycles. The normalized spacial score (nSPS) is 12.6. The first-order valence-electron chi connectivity index (χ1n) is 8.31. The Labute approximate surface area is 154 Å². The summed E-state index contributed by atoms with van der Waals surface area (Å²) in [5.74, 6) is 0.581. The summed E-state index contributed by atoms with van der Waals surface area (Å²) < 4.78 is 14.9. The van der Waals surface area contributed by atoms with E-state index in [0.29, 0.717) is 5.16 Å². The maximum Gasteiger partial charge on any atom is 0.210 e. The number of hydrogen-bond donors (Lipinski definition) is 1. The van der Waals surface area contributed by atoms with Crippen molar-refractivity contribution in [2.45, 2.75) is 31.2 Å². The Balaban J connectivity index is 1.56. The molecule has 1 unspecified atom stereocenters. The lowest BCUT2D eigenvalue weighted by molar-refractivity contribution is 0.628. The highest BCUT2D eigenvalue weighted by Gasteiger charge is 2.16. The van der Waals surface area contributed by atoms with E-state index >= 15 is 0 Å². The van der Waals surface area contributed by atoms with Crippen LogP contribution in [0.15, 0.2) is 47.8 Å². The molecule has 132 valence electrons. The zero-order chi connectivity index (χ0) is 18.3. The number of nitrogens with zero attached hydrogens (tertiary/aromatic N) is 4. The quantitative estimate of drug-likeness (QED) is 0.530. The van der Waals surface area contributed by atoms with Gasteiger partial charge in [0.05, 0.1) is 10.9 Å². The third-order valence-electron chi connectivity index (χ3n) is 4.15. The van der Waals surface area contributed by atoms with Crippen LogP contribution < -0.4 is 0 Å². The minimum absolute atomic E-state index is 0.0583. The molecule has 0 aliphatic rings. The van der Waals surface area contributed by atoms with Crippen molar-refractivity contribution in [3.05, 3.63) is 65.5 Å². The zero-order valence-electron chi connectivity index (χ0n) is 14.7. The molecule has 1 aromatic carbocycles. The molecular formula is C19H18FN5S. The van der Waals surface area contributed by atoms with Gasteiger partial charge in [0.1, 0.15) is 11.6 Å². The lowest BCUT2D eigenvalue weighted by atomic mass is 10.2. The van der Waals surface area contributed by atoms with Crippen LogP contribution >= 0.6 is 11.8 Å². The molecule has 0 aliphatic carbocycles. The van der Waals surface area contributed by atoms with Crippen molar-refractivity contribution >= 4 is 17.4 Å².